The molecule has 1 aliphatic heterocycles. The van der Waals surface area contributed by atoms with Gasteiger partial charge in [-0.25, -0.2) is 4.39 Å². The van der Waals surface area contributed by atoms with Crippen molar-refractivity contribution in [1.29, 1.82) is 0 Å². The summed E-state index contributed by atoms with van der Waals surface area (Å²) in [5, 5.41) is 12.1. The molecule has 0 fully saturated rings. The highest BCUT2D eigenvalue weighted by Gasteiger charge is 2.24. The molecule has 1 aromatic heterocycles. The summed E-state index contributed by atoms with van der Waals surface area (Å²) < 4.78 is 15.5. The lowest BCUT2D eigenvalue weighted by atomic mass is 10.1. The topological polar surface area (TPSA) is 42.7 Å². The molecule has 4 nitrogen and oxygen atoms in total. The van der Waals surface area contributed by atoms with Gasteiger partial charge in [0.25, 0.3) is 0 Å². The molecule has 0 bridgehead atoms. The summed E-state index contributed by atoms with van der Waals surface area (Å²) in [5.74, 6) is 1.65. The van der Waals surface area contributed by atoms with Gasteiger partial charge in [0.05, 0.1) is 6.04 Å². The molecule has 1 aliphatic rings. The third-order valence-electron chi connectivity index (χ3n) is 3.81. The highest BCUT2D eigenvalue weighted by atomic mass is 19.1. The number of hydrogen-bond donors (Lipinski definition) is 1. The average molecular weight is 274 g/mol. The zero-order valence-corrected chi connectivity index (χ0v) is 11.9. The largest absolute Gasteiger partial charge is 0.308 e. The molecule has 0 aliphatic carbocycles. The number of nitrogens with zero attached hydrogens (tertiary/aromatic N) is 3. The minimum atomic E-state index is -0.183. The second kappa shape index (κ2) is 5.32. The summed E-state index contributed by atoms with van der Waals surface area (Å²) in [7, 11) is 0. The van der Waals surface area contributed by atoms with Gasteiger partial charge < -0.3 is 9.88 Å². The second-order valence-corrected chi connectivity index (χ2v) is 5.29. The van der Waals surface area contributed by atoms with Crippen molar-refractivity contribution in [3.63, 3.8) is 0 Å². The molecule has 0 spiro atoms. The van der Waals surface area contributed by atoms with E-state index in [1.54, 1.807) is 13.0 Å². The molecule has 3 rings (SSSR count). The van der Waals surface area contributed by atoms with Crippen molar-refractivity contribution in [2.75, 3.05) is 6.54 Å². The molecule has 0 radical (unpaired) electrons. The van der Waals surface area contributed by atoms with Crippen LogP contribution >= 0.6 is 0 Å². The van der Waals surface area contributed by atoms with E-state index < -0.39 is 0 Å². The highest BCUT2D eigenvalue weighted by Crippen LogP contribution is 2.26. The number of halogens is 1. The van der Waals surface area contributed by atoms with E-state index in [0.29, 0.717) is 5.56 Å². The predicted molar refractivity (Wildman–Crippen MR) is 75.8 cm³/mol. The van der Waals surface area contributed by atoms with Crippen molar-refractivity contribution in [2.45, 2.75) is 39.3 Å². The van der Waals surface area contributed by atoms with Crippen LogP contribution < -0.4 is 5.32 Å². The van der Waals surface area contributed by atoms with Crippen LogP contribution in [-0.4, -0.2) is 21.3 Å². The molecule has 0 saturated carbocycles. The van der Waals surface area contributed by atoms with Crippen LogP contribution in [0.1, 0.15) is 37.2 Å². The Morgan fingerprint density at radius 3 is 3.00 bits per heavy atom. The maximum atomic E-state index is 13.4. The first-order valence-electron chi connectivity index (χ1n) is 7.13. The SMILES string of the molecule is CCCC1NCCn2c(-c3ccc(F)c(C)c3)nnc21. The normalized spacial score (nSPS) is 18.1. The summed E-state index contributed by atoms with van der Waals surface area (Å²) in [6, 6.07) is 5.38. The van der Waals surface area contributed by atoms with Crippen LogP contribution in [0.2, 0.25) is 0 Å². The number of rotatable bonds is 3. The molecule has 2 heterocycles. The van der Waals surface area contributed by atoms with Gasteiger partial charge in [0, 0.05) is 18.7 Å². The number of aromatic nitrogens is 3. The Kier molecular flexibility index (Phi) is 3.53. The summed E-state index contributed by atoms with van der Waals surface area (Å²) in [5.41, 5.74) is 1.57. The molecule has 2 aromatic rings. The lowest BCUT2D eigenvalue weighted by Crippen LogP contribution is -2.33. The number of aryl methyl sites for hydroxylation is 1. The van der Waals surface area contributed by atoms with Gasteiger partial charge in [0.15, 0.2) is 11.6 Å². The van der Waals surface area contributed by atoms with E-state index in [1.807, 2.05) is 6.07 Å². The maximum absolute atomic E-state index is 13.4. The van der Waals surface area contributed by atoms with Gasteiger partial charge in [-0.05, 0) is 37.1 Å². The maximum Gasteiger partial charge on any atom is 0.164 e. The van der Waals surface area contributed by atoms with Crippen LogP contribution in [0.5, 0.6) is 0 Å². The number of nitrogens with one attached hydrogen (secondary N) is 1. The van der Waals surface area contributed by atoms with E-state index in [9.17, 15) is 4.39 Å². The number of benzene rings is 1. The van der Waals surface area contributed by atoms with Gasteiger partial charge in [-0.3, -0.25) is 0 Å². The van der Waals surface area contributed by atoms with E-state index in [0.717, 1.165) is 43.1 Å². The van der Waals surface area contributed by atoms with Crippen molar-refractivity contribution in [3.05, 3.63) is 35.4 Å². The Bertz CT molecular complexity index is 620. The van der Waals surface area contributed by atoms with Crippen LogP contribution in [0.25, 0.3) is 11.4 Å². The summed E-state index contributed by atoms with van der Waals surface area (Å²) in [6.45, 7) is 5.71. The molecule has 5 heteroatoms. The predicted octanol–water partition coefficient (Wildman–Crippen LogP) is 2.84. The zero-order valence-electron chi connectivity index (χ0n) is 11.9. The third kappa shape index (κ3) is 2.22. The molecular weight excluding hydrogens is 255 g/mol. The average Bonchev–Trinajstić information content (AvgIpc) is 2.87. The fraction of sp³-hybridized carbons (Fsp3) is 0.467. The molecule has 1 atom stereocenters. The van der Waals surface area contributed by atoms with Gasteiger partial charge in [-0.15, -0.1) is 10.2 Å². The summed E-state index contributed by atoms with van der Waals surface area (Å²) in [4.78, 5) is 0. The Morgan fingerprint density at radius 1 is 1.40 bits per heavy atom. The fourth-order valence-electron chi connectivity index (χ4n) is 2.75. The van der Waals surface area contributed by atoms with Crippen molar-refractivity contribution < 1.29 is 4.39 Å². The van der Waals surface area contributed by atoms with Crippen LogP contribution in [0.15, 0.2) is 18.2 Å². The second-order valence-electron chi connectivity index (χ2n) is 5.29. The Hall–Kier alpha value is -1.75. The van der Waals surface area contributed by atoms with Crippen LogP contribution in [0.4, 0.5) is 4.39 Å². The minimum absolute atomic E-state index is 0.183. The Morgan fingerprint density at radius 2 is 2.25 bits per heavy atom. The van der Waals surface area contributed by atoms with Gasteiger partial charge in [-0.1, -0.05) is 13.3 Å². The first kappa shape index (κ1) is 13.2. The standard InChI is InChI=1S/C15H19FN4/c1-3-4-13-15-19-18-14(20(15)8-7-17-13)11-5-6-12(16)10(2)9-11/h5-6,9,13,17H,3-4,7-8H2,1-2H3. The highest BCUT2D eigenvalue weighted by molar-refractivity contribution is 5.57. The fourth-order valence-corrected chi connectivity index (χ4v) is 2.75. The monoisotopic (exact) mass is 274 g/mol. The molecule has 1 aromatic carbocycles. The van der Waals surface area contributed by atoms with Crippen molar-refractivity contribution in [1.82, 2.24) is 20.1 Å². The Balaban J connectivity index is 2.01. The van der Waals surface area contributed by atoms with E-state index >= 15 is 0 Å². The quantitative estimate of drug-likeness (QED) is 0.936. The van der Waals surface area contributed by atoms with Crippen molar-refractivity contribution in [3.8, 4) is 11.4 Å². The third-order valence-corrected chi connectivity index (χ3v) is 3.81. The van der Waals surface area contributed by atoms with Crippen molar-refractivity contribution >= 4 is 0 Å². The van der Waals surface area contributed by atoms with Gasteiger partial charge in [-0.2, -0.15) is 0 Å². The molecule has 20 heavy (non-hydrogen) atoms. The van der Waals surface area contributed by atoms with Crippen LogP contribution in [-0.2, 0) is 6.54 Å². The van der Waals surface area contributed by atoms with Crippen molar-refractivity contribution in [2.24, 2.45) is 0 Å². The Labute approximate surface area is 118 Å². The summed E-state index contributed by atoms with van der Waals surface area (Å²) in [6.07, 6.45) is 2.16. The molecule has 0 saturated heterocycles. The lowest BCUT2D eigenvalue weighted by Gasteiger charge is -2.24. The van der Waals surface area contributed by atoms with Gasteiger partial charge >= 0.3 is 0 Å². The molecule has 1 N–H and O–H groups in total. The van der Waals surface area contributed by atoms with Gasteiger partial charge in [0.2, 0.25) is 0 Å². The first-order valence-corrected chi connectivity index (χ1v) is 7.13. The molecular formula is C15H19FN4. The lowest BCUT2D eigenvalue weighted by molar-refractivity contribution is 0.394. The van der Waals surface area contributed by atoms with Crippen LogP contribution in [0, 0.1) is 12.7 Å². The molecule has 0 amide bonds. The van der Waals surface area contributed by atoms with Crippen LogP contribution in [0.3, 0.4) is 0 Å². The minimum Gasteiger partial charge on any atom is -0.308 e. The number of hydrogen-bond acceptors (Lipinski definition) is 3. The number of fused-ring (bicyclic) bond motifs is 1. The van der Waals surface area contributed by atoms with E-state index in [4.69, 9.17) is 0 Å². The molecule has 106 valence electrons. The van der Waals surface area contributed by atoms with E-state index in [2.05, 4.69) is 27.0 Å². The smallest absolute Gasteiger partial charge is 0.164 e. The first-order chi connectivity index (χ1) is 9.70. The van der Waals surface area contributed by atoms with E-state index in [-0.39, 0.29) is 11.9 Å². The summed E-state index contributed by atoms with van der Waals surface area (Å²) >= 11 is 0. The molecule has 1 unspecified atom stereocenters. The van der Waals surface area contributed by atoms with Gasteiger partial charge in [0.1, 0.15) is 5.82 Å². The zero-order chi connectivity index (χ0) is 14.1. The van der Waals surface area contributed by atoms with E-state index in [1.165, 1.54) is 6.07 Å².